The number of aliphatic hydroxyl groups is 1. The number of nitrogens with zero attached hydrogens (tertiary/aromatic N) is 3. The molecule has 1 aliphatic heterocycles. The van der Waals surface area contributed by atoms with E-state index in [2.05, 4.69) is 4.98 Å². The van der Waals surface area contributed by atoms with Gasteiger partial charge in [0.05, 0.1) is 18.4 Å². The van der Waals surface area contributed by atoms with Crippen molar-refractivity contribution >= 4 is 23.4 Å². The van der Waals surface area contributed by atoms with Gasteiger partial charge in [0.2, 0.25) is 0 Å². The van der Waals surface area contributed by atoms with Gasteiger partial charge in [-0.25, -0.2) is 0 Å². The molecular formula is C22H26ClN3O4. The SMILES string of the molecule is CCc1ccc(C(=O)N2CCC(N(CCO)C(=O)c3cncc(O)c3)CC2)cc1Cl. The highest BCUT2D eigenvalue weighted by Gasteiger charge is 2.30. The summed E-state index contributed by atoms with van der Waals surface area (Å²) in [5.74, 6) is -0.452. The van der Waals surface area contributed by atoms with Crippen LogP contribution >= 0.6 is 11.6 Å². The van der Waals surface area contributed by atoms with E-state index in [1.54, 1.807) is 21.9 Å². The molecule has 8 heteroatoms. The molecule has 0 aliphatic carbocycles. The van der Waals surface area contributed by atoms with Crippen LogP contribution in [0.4, 0.5) is 0 Å². The van der Waals surface area contributed by atoms with Crippen LogP contribution in [0.5, 0.6) is 5.75 Å². The second-order valence-electron chi connectivity index (χ2n) is 7.34. The van der Waals surface area contributed by atoms with Gasteiger partial charge < -0.3 is 20.0 Å². The fourth-order valence-electron chi connectivity index (χ4n) is 3.80. The van der Waals surface area contributed by atoms with Gasteiger partial charge in [0, 0.05) is 42.5 Å². The summed E-state index contributed by atoms with van der Waals surface area (Å²) in [6, 6.07) is 6.65. The van der Waals surface area contributed by atoms with Crippen LogP contribution in [0, 0.1) is 0 Å². The molecule has 0 radical (unpaired) electrons. The fraction of sp³-hybridized carbons (Fsp3) is 0.409. The number of amides is 2. The molecule has 0 atom stereocenters. The van der Waals surface area contributed by atoms with Crippen molar-refractivity contribution in [3.63, 3.8) is 0 Å². The van der Waals surface area contributed by atoms with Gasteiger partial charge in [0.1, 0.15) is 5.75 Å². The molecule has 1 fully saturated rings. The third-order valence-electron chi connectivity index (χ3n) is 5.45. The molecule has 2 aromatic rings. The summed E-state index contributed by atoms with van der Waals surface area (Å²) < 4.78 is 0. The second kappa shape index (κ2) is 9.91. The number of aryl methyl sites for hydroxylation is 1. The molecule has 2 N–H and O–H groups in total. The summed E-state index contributed by atoms with van der Waals surface area (Å²) in [7, 11) is 0. The quantitative estimate of drug-likeness (QED) is 0.733. The van der Waals surface area contributed by atoms with Crippen molar-refractivity contribution in [2.24, 2.45) is 0 Å². The molecule has 0 saturated carbocycles. The van der Waals surface area contributed by atoms with Crippen molar-refractivity contribution in [3.05, 3.63) is 58.4 Å². The van der Waals surface area contributed by atoms with Gasteiger partial charge in [-0.1, -0.05) is 24.6 Å². The molecular weight excluding hydrogens is 406 g/mol. The van der Waals surface area contributed by atoms with E-state index in [-0.39, 0.29) is 42.3 Å². The van der Waals surface area contributed by atoms with Crippen molar-refractivity contribution in [1.82, 2.24) is 14.8 Å². The van der Waals surface area contributed by atoms with E-state index in [9.17, 15) is 19.8 Å². The number of carbonyl (C=O) groups excluding carboxylic acids is 2. The summed E-state index contributed by atoms with van der Waals surface area (Å²) >= 11 is 6.25. The number of piperidine rings is 1. The summed E-state index contributed by atoms with van der Waals surface area (Å²) in [4.78, 5) is 33.0. The van der Waals surface area contributed by atoms with Crippen molar-refractivity contribution in [3.8, 4) is 5.75 Å². The van der Waals surface area contributed by atoms with Crippen LogP contribution in [0.2, 0.25) is 5.02 Å². The lowest BCUT2D eigenvalue weighted by Crippen LogP contribution is -2.49. The lowest BCUT2D eigenvalue weighted by atomic mass is 10.0. The molecule has 1 saturated heterocycles. The van der Waals surface area contributed by atoms with E-state index in [4.69, 9.17) is 11.6 Å². The maximum Gasteiger partial charge on any atom is 0.255 e. The van der Waals surface area contributed by atoms with Gasteiger partial charge in [-0.05, 0) is 43.0 Å². The highest BCUT2D eigenvalue weighted by molar-refractivity contribution is 6.31. The Labute approximate surface area is 180 Å². The average molecular weight is 432 g/mol. The first-order chi connectivity index (χ1) is 14.4. The molecule has 160 valence electrons. The standard InChI is InChI=1S/C22H26ClN3O4/c1-2-15-3-4-16(12-20(15)23)21(29)25-7-5-18(6-8-25)26(9-10-27)22(30)17-11-19(28)14-24-13-17/h3-4,11-14,18,27-28H,2,5-10H2,1H3. The number of aliphatic hydroxyl groups excluding tert-OH is 1. The van der Waals surface area contributed by atoms with E-state index in [0.717, 1.165) is 12.0 Å². The molecule has 0 bridgehead atoms. The highest BCUT2D eigenvalue weighted by Crippen LogP contribution is 2.23. The molecule has 1 aliphatic rings. The first-order valence-corrected chi connectivity index (χ1v) is 10.5. The zero-order valence-electron chi connectivity index (χ0n) is 16.9. The van der Waals surface area contributed by atoms with Gasteiger partial charge in [-0.15, -0.1) is 0 Å². The summed E-state index contributed by atoms with van der Waals surface area (Å²) in [6.07, 6.45) is 4.67. The van der Waals surface area contributed by atoms with Crippen molar-refractivity contribution < 1.29 is 19.8 Å². The normalized spacial score (nSPS) is 14.6. The monoisotopic (exact) mass is 431 g/mol. The van der Waals surface area contributed by atoms with E-state index in [1.807, 2.05) is 13.0 Å². The largest absolute Gasteiger partial charge is 0.506 e. The van der Waals surface area contributed by atoms with Crippen LogP contribution in [0.1, 0.15) is 46.0 Å². The van der Waals surface area contributed by atoms with E-state index >= 15 is 0 Å². The Bertz CT molecular complexity index is 913. The van der Waals surface area contributed by atoms with Crippen LogP contribution < -0.4 is 0 Å². The van der Waals surface area contributed by atoms with Gasteiger partial charge in [0.15, 0.2) is 0 Å². The van der Waals surface area contributed by atoms with Crippen molar-refractivity contribution in [2.75, 3.05) is 26.2 Å². The highest BCUT2D eigenvalue weighted by atomic mass is 35.5. The Kier molecular flexibility index (Phi) is 7.29. The van der Waals surface area contributed by atoms with Crippen molar-refractivity contribution in [1.29, 1.82) is 0 Å². The number of carbonyl (C=O) groups is 2. The molecule has 1 aromatic carbocycles. The second-order valence-corrected chi connectivity index (χ2v) is 7.74. The predicted molar refractivity (Wildman–Crippen MR) is 114 cm³/mol. The van der Waals surface area contributed by atoms with Crippen molar-refractivity contribution in [2.45, 2.75) is 32.2 Å². The average Bonchev–Trinajstić information content (AvgIpc) is 2.76. The molecule has 0 spiro atoms. The molecule has 1 aromatic heterocycles. The van der Waals surface area contributed by atoms with Crippen LogP contribution in [0.15, 0.2) is 36.7 Å². The zero-order chi connectivity index (χ0) is 21.7. The van der Waals surface area contributed by atoms with Crippen LogP contribution in [0.3, 0.4) is 0 Å². The molecule has 0 unspecified atom stereocenters. The first-order valence-electron chi connectivity index (χ1n) is 10.1. The van der Waals surface area contributed by atoms with Crippen LogP contribution in [-0.4, -0.2) is 69.1 Å². The number of hydrogen-bond donors (Lipinski definition) is 2. The third kappa shape index (κ3) is 4.91. The number of aromatic nitrogens is 1. The lowest BCUT2D eigenvalue weighted by molar-refractivity contribution is 0.0478. The molecule has 2 heterocycles. The molecule has 2 amide bonds. The third-order valence-corrected chi connectivity index (χ3v) is 5.80. The number of rotatable bonds is 6. The lowest BCUT2D eigenvalue weighted by Gasteiger charge is -2.38. The first kappa shape index (κ1) is 22.1. The van der Waals surface area contributed by atoms with Gasteiger partial charge in [-0.3, -0.25) is 14.6 Å². The number of aromatic hydroxyl groups is 1. The number of pyridine rings is 1. The van der Waals surface area contributed by atoms with E-state index in [0.29, 0.717) is 36.5 Å². The topological polar surface area (TPSA) is 94.0 Å². The van der Waals surface area contributed by atoms with E-state index < -0.39 is 0 Å². The summed E-state index contributed by atoms with van der Waals surface area (Å²) in [5.41, 5.74) is 1.84. The Morgan fingerprint density at radius 2 is 1.93 bits per heavy atom. The maximum atomic E-state index is 12.9. The molecule has 7 nitrogen and oxygen atoms in total. The smallest absolute Gasteiger partial charge is 0.255 e. The fourth-order valence-corrected chi connectivity index (χ4v) is 4.11. The van der Waals surface area contributed by atoms with Gasteiger partial charge in [-0.2, -0.15) is 0 Å². The maximum absolute atomic E-state index is 12.9. The number of halogens is 1. The Hall–Kier alpha value is -2.64. The van der Waals surface area contributed by atoms with Crippen LogP contribution in [-0.2, 0) is 6.42 Å². The number of hydrogen-bond acceptors (Lipinski definition) is 5. The van der Waals surface area contributed by atoms with Crippen LogP contribution in [0.25, 0.3) is 0 Å². The molecule has 30 heavy (non-hydrogen) atoms. The minimum atomic E-state index is -0.292. The Balaban J connectivity index is 1.67. The number of likely N-dealkylation sites (tertiary alicyclic amines) is 1. The summed E-state index contributed by atoms with van der Waals surface area (Å²) in [5, 5.41) is 19.6. The minimum absolute atomic E-state index is 0.0739. The Morgan fingerprint density at radius 1 is 1.20 bits per heavy atom. The predicted octanol–water partition coefficient (Wildman–Crippen LogP) is 2.74. The minimum Gasteiger partial charge on any atom is -0.506 e. The van der Waals surface area contributed by atoms with Gasteiger partial charge >= 0.3 is 0 Å². The summed E-state index contributed by atoms with van der Waals surface area (Å²) in [6.45, 7) is 3.04. The molecule has 3 rings (SSSR count). The Morgan fingerprint density at radius 3 is 2.53 bits per heavy atom. The van der Waals surface area contributed by atoms with E-state index in [1.165, 1.54) is 18.5 Å². The number of benzene rings is 1. The van der Waals surface area contributed by atoms with Gasteiger partial charge in [0.25, 0.3) is 11.8 Å². The zero-order valence-corrected chi connectivity index (χ0v) is 17.7.